The van der Waals surface area contributed by atoms with Crippen LogP contribution >= 0.6 is 0 Å². The minimum absolute atomic E-state index is 0.0505. The molecule has 0 aromatic heterocycles. The van der Waals surface area contributed by atoms with Crippen molar-refractivity contribution < 1.29 is 24.4 Å². The van der Waals surface area contributed by atoms with E-state index in [9.17, 15) is 5.11 Å². The molecule has 5 heteroatoms. The fourth-order valence-corrected chi connectivity index (χ4v) is 1.66. The van der Waals surface area contributed by atoms with Crippen molar-refractivity contribution in [3.8, 4) is 0 Å². The van der Waals surface area contributed by atoms with Crippen LogP contribution in [0.1, 0.15) is 13.8 Å². The first kappa shape index (κ1) is 9.36. The lowest BCUT2D eigenvalue weighted by molar-refractivity contribution is -0.214. The van der Waals surface area contributed by atoms with E-state index in [1.165, 1.54) is 0 Å². The highest BCUT2D eigenvalue weighted by molar-refractivity contribution is 4.98. The van der Waals surface area contributed by atoms with Gasteiger partial charge in [-0.05, 0) is 13.8 Å². The molecule has 2 rings (SSSR count). The van der Waals surface area contributed by atoms with E-state index in [1.807, 2.05) is 0 Å². The van der Waals surface area contributed by atoms with Gasteiger partial charge in [0.15, 0.2) is 12.1 Å². The Kier molecular flexibility index (Phi) is 1.91. The van der Waals surface area contributed by atoms with E-state index >= 15 is 0 Å². The minimum atomic E-state index is -1.32. The van der Waals surface area contributed by atoms with Gasteiger partial charge in [0.25, 0.3) is 0 Å². The van der Waals surface area contributed by atoms with Crippen molar-refractivity contribution in [2.24, 2.45) is 0 Å². The second kappa shape index (κ2) is 2.65. The highest BCUT2D eigenvalue weighted by Gasteiger charge is 2.57. The van der Waals surface area contributed by atoms with Gasteiger partial charge in [0, 0.05) is 0 Å². The van der Waals surface area contributed by atoms with Crippen LogP contribution in [0, 0.1) is 0 Å². The molecule has 2 heterocycles. The second-order valence-electron chi connectivity index (χ2n) is 4.00. The number of aliphatic hydroxyl groups excluding tert-OH is 1. The Labute approximate surface area is 76.2 Å². The van der Waals surface area contributed by atoms with Gasteiger partial charge in [-0.15, -0.1) is 0 Å². The van der Waals surface area contributed by atoms with Gasteiger partial charge in [-0.1, -0.05) is 0 Å². The van der Waals surface area contributed by atoms with Gasteiger partial charge < -0.3 is 24.4 Å². The molecule has 13 heavy (non-hydrogen) atoms. The largest absolute Gasteiger partial charge is 0.393 e. The van der Waals surface area contributed by atoms with Crippen LogP contribution in [0.5, 0.6) is 0 Å². The van der Waals surface area contributed by atoms with Crippen molar-refractivity contribution in [1.82, 2.24) is 0 Å². The van der Waals surface area contributed by atoms with Gasteiger partial charge in [0.1, 0.15) is 11.7 Å². The van der Waals surface area contributed by atoms with Crippen LogP contribution < -0.4 is 0 Å². The molecule has 2 aliphatic heterocycles. The number of fused-ring (bicyclic) bond motifs is 1. The van der Waals surface area contributed by atoms with E-state index in [0.717, 1.165) is 0 Å². The number of hydrogen-bond acceptors (Lipinski definition) is 5. The molecule has 5 nitrogen and oxygen atoms in total. The zero-order valence-electron chi connectivity index (χ0n) is 7.69. The lowest BCUT2D eigenvalue weighted by atomic mass is 10.0. The fraction of sp³-hybridized carbons (Fsp3) is 1.00. The molecule has 0 aromatic carbocycles. The van der Waals surface area contributed by atoms with Crippen molar-refractivity contribution >= 4 is 0 Å². The van der Waals surface area contributed by atoms with Gasteiger partial charge in [-0.2, -0.15) is 0 Å². The molecule has 0 aromatic rings. The van der Waals surface area contributed by atoms with Gasteiger partial charge in [0.05, 0.1) is 13.2 Å². The summed E-state index contributed by atoms with van der Waals surface area (Å²) < 4.78 is 15.9. The molecule has 0 bridgehead atoms. The quantitative estimate of drug-likeness (QED) is 0.567. The van der Waals surface area contributed by atoms with Crippen LogP contribution in [0.15, 0.2) is 0 Å². The van der Waals surface area contributed by atoms with E-state index < -0.39 is 23.8 Å². The predicted molar refractivity (Wildman–Crippen MR) is 41.8 cm³/mol. The van der Waals surface area contributed by atoms with E-state index in [-0.39, 0.29) is 13.2 Å². The summed E-state index contributed by atoms with van der Waals surface area (Å²) in [6.07, 6.45) is -1.15. The molecule has 0 aliphatic carbocycles. The van der Waals surface area contributed by atoms with E-state index in [1.54, 1.807) is 13.8 Å². The summed E-state index contributed by atoms with van der Waals surface area (Å²) in [6.45, 7) is 3.15. The lowest BCUT2D eigenvalue weighted by Gasteiger charge is -2.25. The molecular formula is C8H14O5. The average Bonchev–Trinajstić information content (AvgIpc) is 2.49. The van der Waals surface area contributed by atoms with Crippen molar-refractivity contribution in [2.75, 3.05) is 13.2 Å². The lowest BCUT2D eigenvalue weighted by Crippen LogP contribution is -2.47. The molecule has 0 amide bonds. The van der Waals surface area contributed by atoms with Gasteiger partial charge in [0.2, 0.25) is 0 Å². The maximum atomic E-state index is 9.82. The molecule has 0 spiro atoms. The number of ether oxygens (including phenoxy) is 3. The van der Waals surface area contributed by atoms with Crippen molar-refractivity contribution in [3.05, 3.63) is 0 Å². The Morgan fingerprint density at radius 2 is 2.08 bits per heavy atom. The molecule has 0 saturated carbocycles. The first-order chi connectivity index (χ1) is 5.97. The monoisotopic (exact) mass is 190 g/mol. The molecule has 2 fully saturated rings. The van der Waals surface area contributed by atoms with Crippen LogP contribution in [0.25, 0.3) is 0 Å². The van der Waals surface area contributed by atoms with Crippen LogP contribution in [-0.2, 0) is 14.2 Å². The highest BCUT2D eigenvalue weighted by Crippen LogP contribution is 2.39. The maximum absolute atomic E-state index is 9.82. The molecule has 3 atom stereocenters. The summed E-state index contributed by atoms with van der Waals surface area (Å²) in [5.41, 5.74) is -1.32. The Balaban J connectivity index is 2.16. The third-order valence-electron chi connectivity index (χ3n) is 2.36. The smallest absolute Gasteiger partial charge is 0.190 e. The summed E-state index contributed by atoms with van der Waals surface area (Å²) in [6, 6.07) is 0. The number of rotatable bonds is 1. The third kappa shape index (κ3) is 1.37. The van der Waals surface area contributed by atoms with Gasteiger partial charge >= 0.3 is 0 Å². The maximum Gasteiger partial charge on any atom is 0.190 e. The van der Waals surface area contributed by atoms with Crippen molar-refractivity contribution in [3.63, 3.8) is 0 Å². The molecule has 2 N–H and O–H groups in total. The molecule has 2 saturated heterocycles. The van der Waals surface area contributed by atoms with Crippen LogP contribution in [0.2, 0.25) is 0 Å². The normalized spacial score (nSPS) is 48.0. The van der Waals surface area contributed by atoms with Crippen LogP contribution in [0.3, 0.4) is 0 Å². The van der Waals surface area contributed by atoms with Crippen molar-refractivity contribution in [1.29, 1.82) is 0 Å². The van der Waals surface area contributed by atoms with E-state index in [2.05, 4.69) is 0 Å². The average molecular weight is 190 g/mol. The number of aliphatic hydroxyl groups is 2. The predicted octanol–water partition coefficient (Wildman–Crippen LogP) is -0.782. The zero-order valence-corrected chi connectivity index (χ0v) is 7.69. The number of hydrogen-bond donors (Lipinski definition) is 2. The standard InChI is InChI=1S/C8H14O5/c1-7(2)12-5-6(13-7)11-4-8(5,10)3-9/h5-6,9-10H,3-4H2,1-2H3/t5-,6+,8-/m1/s1. The SMILES string of the molecule is CC1(C)O[C@@H]2OC[C@](O)(CO)[C@@H]2O1. The van der Waals surface area contributed by atoms with E-state index in [0.29, 0.717) is 0 Å². The Bertz CT molecular complexity index is 217. The molecule has 76 valence electrons. The summed E-state index contributed by atoms with van der Waals surface area (Å²) in [5, 5.41) is 18.8. The summed E-state index contributed by atoms with van der Waals surface area (Å²) in [7, 11) is 0. The highest BCUT2D eigenvalue weighted by atomic mass is 16.8. The Hall–Kier alpha value is -0.200. The summed E-state index contributed by atoms with van der Waals surface area (Å²) >= 11 is 0. The van der Waals surface area contributed by atoms with Crippen molar-refractivity contribution in [2.45, 2.75) is 37.6 Å². The first-order valence-electron chi connectivity index (χ1n) is 4.27. The Morgan fingerprint density at radius 3 is 2.69 bits per heavy atom. The summed E-state index contributed by atoms with van der Waals surface area (Å²) in [5.74, 6) is -0.751. The van der Waals surface area contributed by atoms with E-state index in [4.69, 9.17) is 19.3 Å². The Morgan fingerprint density at radius 1 is 1.38 bits per heavy atom. The fourth-order valence-electron chi connectivity index (χ4n) is 1.66. The molecule has 2 aliphatic rings. The van der Waals surface area contributed by atoms with Gasteiger partial charge in [-0.3, -0.25) is 0 Å². The minimum Gasteiger partial charge on any atom is -0.393 e. The first-order valence-corrected chi connectivity index (χ1v) is 4.27. The second-order valence-corrected chi connectivity index (χ2v) is 4.00. The molecule has 0 radical (unpaired) electrons. The van der Waals surface area contributed by atoms with Crippen LogP contribution in [0.4, 0.5) is 0 Å². The summed E-state index contributed by atoms with van der Waals surface area (Å²) in [4.78, 5) is 0. The zero-order chi connectivity index (χ0) is 9.69. The van der Waals surface area contributed by atoms with Crippen LogP contribution in [-0.4, -0.2) is 47.2 Å². The molecule has 0 unspecified atom stereocenters. The molecular weight excluding hydrogens is 176 g/mol. The topological polar surface area (TPSA) is 68.2 Å². The van der Waals surface area contributed by atoms with Gasteiger partial charge in [-0.25, -0.2) is 0 Å². The third-order valence-corrected chi connectivity index (χ3v) is 2.36.